The van der Waals surface area contributed by atoms with Crippen LogP contribution >= 0.6 is 11.6 Å². The number of nitrogens with one attached hydrogen (secondary N) is 1. The number of ether oxygens (including phenoxy) is 1. The van der Waals surface area contributed by atoms with Crippen molar-refractivity contribution in [1.82, 2.24) is 0 Å². The SMILES string of the molecule is COc1ccc(NC(=O)[C@H](c2ccc(Cl)cc2)C(C)C)cc1S(N)(=O)=O. The molecular weight excluding hydrogens is 376 g/mol. The van der Waals surface area contributed by atoms with Crippen LogP contribution in [0.15, 0.2) is 47.4 Å². The molecule has 0 heterocycles. The molecule has 2 aromatic carbocycles. The molecule has 1 amide bonds. The zero-order valence-electron chi connectivity index (χ0n) is 14.7. The number of carbonyl (C=O) groups is 1. The van der Waals surface area contributed by atoms with Crippen molar-refractivity contribution in [1.29, 1.82) is 0 Å². The van der Waals surface area contributed by atoms with E-state index in [2.05, 4.69) is 5.32 Å². The third-order valence-electron chi connectivity index (χ3n) is 3.92. The molecule has 1 atom stereocenters. The van der Waals surface area contributed by atoms with Gasteiger partial charge in [-0.1, -0.05) is 37.6 Å². The zero-order valence-corrected chi connectivity index (χ0v) is 16.3. The standard InChI is InChI=1S/C18H21ClN2O4S/c1-11(2)17(12-4-6-13(19)7-5-12)18(22)21-14-8-9-15(25-3)16(10-14)26(20,23)24/h4-11,17H,1-3H3,(H,21,22)(H2,20,23,24)/t17-/m0/s1. The molecule has 140 valence electrons. The summed E-state index contributed by atoms with van der Waals surface area (Å²) in [6.07, 6.45) is 0. The summed E-state index contributed by atoms with van der Waals surface area (Å²) in [5.74, 6) is -0.545. The first-order chi connectivity index (χ1) is 12.1. The van der Waals surface area contributed by atoms with Gasteiger partial charge in [-0.15, -0.1) is 0 Å². The molecule has 0 fully saturated rings. The molecule has 0 aliphatic rings. The highest BCUT2D eigenvalue weighted by atomic mass is 35.5. The van der Waals surface area contributed by atoms with Gasteiger partial charge in [0.1, 0.15) is 10.6 Å². The third kappa shape index (κ3) is 4.75. The van der Waals surface area contributed by atoms with Crippen molar-refractivity contribution in [3.05, 3.63) is 53.1 Å². The van der Waals surface area contributed by atoms with Crippen LogP contribution in [0.25, 0.3) is 0 Å². The molecule has 2 rings (SSSR count). The zero-order chi connectivity index (χ0) is 19.5. The molecule has 2 aromatic rings. The van der Waals surface area contributed by atoms with Gasteiger partial charge < -0.3 is 10.1 Å². The van der Waals surface area contributed by atoms with Crippen LogP contribution in [0.5, 0.6) is 5.75 Å². The number of carbonyl (C=O) groups excluding carboxylic acids is 1. The minimum Gasteiger partial charge on any atom is -0.495 e. The summed E-state index contributed by atoms with van der Waals surface area (Å²) in [7, 11) is -2.64. The van der Waals surface area contributed by atoms with Gasteiger partial charge in [-0.25, -0.2) is 13.6 Å². The number of methoxy groups -OCH3 is 1. The number of primary sulfonamides is 1. The van der Waals surface area contributed by atoms with Crippen molar-refractivity contribution in [2.45, 2.75) is 24.7 Å². The van der Waals surface area contributed by atoms with E-state index in [1.807, 2.05) is 13.8 Å². The Kier molecular flexibility index (Phi) is 6.28. The smallest absolute Gasteiger partial charge is 0.241 e. The van der Waals surface area contributed by atoms with E-state index in [4.69, 9.17) is 21.5 Å². The second-order valence-corrected chi connectivity index (χ2v) is 8.14. The molecule has 0 unspecified atom stereocenters. The summed E-state index contributed by atoms with van der Waals surface area (Å²) < 4.78 is 28.5. The fourth-order valence-corrected chi connectivity index (χ4v) is 3.55. The maximum Gasteiger partial charge on any atom is 0.241 e. The molecule has 8 heteroatoms. The van der Waals surface area contributed by atoms with Gasteiger partial charge >= 0.3 is 0 Å². The van der Waals surface area contributed by atoms with E-state index in [0.29, 0.717) is 10.7 Å². The number of nitrogens with two attached hydrogens (primary N) is 1. The minimum atomic E-state index is -3.99. The summed E-state index contributed by atoms with van der Waals surface area (Å²) in [6, 6.07) is 11.4. The van der Waals surface area contributed by atoms with Gasteiger partial charge in [0, 0.05) is 10.7 Å². The predicted molar refractivity (Wildman–Crippen MR) is 102 cm³/mol. The highest BCUT2D eigenvalue weighted by molar-refractivity contribution is 7.89. The predicted octanol–water partition coefficient (Wildman–Crippen LogP) is 3.37. The van der Waals surface area contributed by atoms with Gasteiger partial charge in [-0.2, -0.15) is 0 Å². The second kappa shape index (κ2) is 8.07. The van der Waals surface area contributed by atoms with Gasteiger partial charge in [0.15, 0.2) is 0 Å². The van der Waals surface area contributed by atoms with Crippen molar-refractivity contribution in [3.63, 3.8) is 0 Å². The second-order valence-electron chi connectivity index (χ2n) is 6.17. The molecule has 0 saturated heterocycles. The number of rotatable bonds is 6. The summed E-state index contributed by atoms with van der Waals surface area (Å²) in [5.41, 5.74) is 1.14. The van der Waals surface area contributed by atoms with Crippen LogP contribution in [0.2, 0.25) is 5.02 Å². The van der Waals surface area contributed by atoms with Gasteiger partial charge in [-0.05, 0) is 41.8 Å². The number of halogens is 1. The van der Waals surface area contributed by atoms with E-state index in [9.17, 15) is 13.2 Å². The Morgan fingerprint density at radius 3 is 2.27 bits per heavy atom. The number of benzene rings is 2. The number of sulfonamides is 1. The first-order valence-corrected chi connectivity index (χ1v) is 9.83. The Morgan fingerprint density at radius 2 is 1.77 bits per heavy atom. The third-order valence-corrected chi connectivity index (χ3v) is 5.10. The lowest BCUT2D eigenvalue weighted by molar-refractivity contribution is -0.118. The van der Waals surface area contributed by atoms with Crippen LogP contribution in [0.4, 0.5) is 5.69 Å². The molecule has 6 nitrogen and oxygen atoms in total. The van der Waals surface area contributed by atoms with Crippen molar-refractivity contribution < 1.29 is 17.9 Å². The Labute approximate surface area is 158 Å². The summed E-state index contributed by atoms with van der Waals surface area (Å²) in [4.78, 5) is 12.6. The fourth-order valence-electron chi connectivity index (χ4n) is 2.71. The lowest BCUT2D eigenvalue weighted by atomic mass is 9.87. The van der Waals surface area contributed by atoms with Crippen LogP contribution < -0.4 is 15.2 Å². The van der Waals surface area contributed by atoms with Gasteiger partial charge in [0.05, 0.1) is 13.0 Å². The highest BCUT2D eigenvalue weighted by Crippen LogP contribution is 2.30. The van der Waals surface area contributed by atoms with E-state index >= 15 is 0 Å². The largest absolute Gasteiger partial charge is 0.495 e. The molecule has 0 spiro atoms. The molecule has 26 heavy (non-hydrogen) atoms. The molecule has 0 bridgehead atoms. The minimum absolute atomic E-state index is 0.0205. The number of anilines is 1. The molecule has 0 saturated carbocycles. The fraction of sp³-hybridized carbons (Fsp3) is 0.278. The van der Waals surface area contributed by atoms with E-state index in [1.165, 1.54) is 19.2 Å². The van der Waals surface area contributed by atoms with Crippen LogP contribution in [0.1, 0.15) is 25.3 Å². The van der Waals surface area contributed by atoms with Gasteiger partial charge in [0.25, 0.3) is 0 Å². The summed E-state index contributed by atoms with van der Waals surface area (Å²) in [5, 5.41) is 8.55. The van der Waals surface area contributed by atoms with E-state index in [0.717, 1.165) is 5.56 Å². The molecule has 3 N–H and O–H groups in total. The topological polar surface area (TPSA) is 98.5 Å². The van der Waals surface area contributed by atoms with E-state index in [1.54, 1.807) is 30.3 Å². The maximum atomic E-state index is 12.8. The van der Waals surface area contributed by atoms with Crippen molar-refractivity contribution >= 4 is 33.2 Å². The lowest BCUT2D eigenvalue weighted by Crippen LogP contribution is -2.25. The molecular formula is C18H21ClN2O4S. The number of amides is 1. The van der Waals surface area contributed by atoms with Gasteiger partial charge in [0.2, 0.25) is 15.9 Å². The van der Waals surface area contributed by atoms with Crippen LogP contribution in [-0.2, 0) is 14.8 Å². The summed E-state index contributed by atoms with van der Waals surface area (Å²) in [6.45, 7) is 3.87. The van der Waals surface area contributed by atoms with Crippen molar-refractivity contribution in [3.8, 4) is 5.75 Å². The quantitative estimate of drug-likeness (QED) is 0.781. The summed E-state index contributed by atoms with van der Waals surface area (Å²) >= 11 is 5.91. The maximum absolute atomic E-state index is 12.8. The molecule has 0 aliphatic carbocycles. The van der Waals surface area contributed by atoms with Crippen LogP contribution in [0.3, 0.4) is 0 Å². The molecule has 0 aliphatic heterocycles. The molecule has 0 aromatic heterocycles. The van der Waals surface area contributed by atoms with E-state index < -0.39 is 15.9 Å². The average Bonchev–Trinajstić information content (AvgIpc) is 2.55. The first kappa shape index (κ1) is 20.2. The van der Waals surface area contributed by atoms with Gasteiger partial charge in [-0.3, -0.25) is 4.79 Å². The van der Waals surface area contributed by atoms with E-state index in [-0.39, 0.29) is 22.5 Å². The average molecular weight is 397 g/mol. The Morgan fingerprint density at radius 1 is 1.15 bits per heavy atom. The molecule has 0 radical (unpaired) electrons. The lowest BCUT2D eigenvalue weighted by Gasteiger charge is -2.21. The first-order valence-electron chi connectivity index (χ1n) is 7.90. The normalized spacial score (nSPS) is 12.7. The Bertz CT molecular complexity index is 896. The van der Waals surface area contributed by atoms with Crippen molar-refractivity contribution in [2.24, 2.45) is 11.1 Å². The van der Waals surface area contributed by atoms with Crippen LogP contribution in [0, 0.1) is 5.92 Å². The monoisotopic (exact) mass is 396 g/mol. The number of hydrogen-bond acceptors (Lipinski definition) is 4. The Balaban J connectivity index is 2.34. The number of hydrogen-bond donors (Lipinski definition) is 2. The Hall–Kier alpha value is -2.09. The highest BCUT2D eigenvalue weighted by Gasteiger charge is 2.25. The van der Waals surface area contributed by atoms with Crippen LogP contribution in [-0.4, -0.2) is 21.4 Å². The van der Waals surface area contributed by atoms with Crippen molar-refractivity contribution in [2.75, 3.05) is 12.4 Å².